The Hall–Kier alpha value is -2.63. The minimum absolute atomic E-state index is 0.247. The first-order chi connectivity index (χ1) is 13.3. The van der Waals surface area contributed by atoms with Gasteiger partial charge in [0.15, 0.2) is 0 Å². The van der Waals surface area contributed by atoms with Crippen LogP contribution in [0, 0.1) is 5.82 Å². The Labute approximate surface area is 158 Å². The summed E-state index contributed by atoms with van der Waals surface area (Å²) in [6, 6.07) is 12.6. The summed E-state index contributed by atoms with van der Waals surface area (Å²) in [5.74, 6) is -0.247. The number of nitrogens with zero attached hydrogens (tertiary/aromatic N) is 2. The van der Waals surface area contributed by atoms with Gasteiger partial charge >= 0.3 is 0 Å². The molecule has 2 aromatic heterocycles. The Morgan fingerprint density at radius 2 is 1.96 bits per heavy atom. The molecule has 1 saturated heterocycles. The van der Waals surface area contributed by atoms with Crippen molar-refractivity contribution in [1.29, 1.82) is 0 Å². The van der Waals surface area contributed by atoms with Crippen LogP contribution >= 0.6 is 0 Å². The lowest BCUT2D eigenvalue weighted by Gasteiger charge is -2.14. The standard InChI is InChI=1S/C22H22FN3O/c23-20-4-1-3-17(12-20)18-11-19(13-25-15-21-5-2-10-27-21)22(26-14-18)16-6-8-24-9-7-16/h1,3-4,6-9,11-12,14,21,25H,2,5,10,13,15H2. The minimum atomic E-state index is -0.247. The molecule has 0 amide bonds. The number of nitrogens with one attached hydrogen (secondary N) is 1. The second kappa shape index (κ2) is 8.37. The van der Waals surface area contributed by atoms with Crippen molar-refractivity contribution >= 4 is 0 Å². The first kappa shape index (κ1) is 17.8. The van der Waals surface area contributed by atoms with E-state index in [4.69, 9.17) is 4.74 Å². The monoisotopic (exact) mass is 363 g/mol. The molecular formula is C22H22FN3O. The summed E-state index contributed by atoms with van der Waals surface area (Å²) >= 11 is 0. The van der Waals surface area contributed by atoms with Crippen LogP contribution in [0.15, 0.2) is 61.1 Å². The van der Waals surface area contributed by atoms with Crippen LogP contribution < -0.4 is 5.32 Å². The molecule has 1 aliphatic heterocycles. The Bertz CT molecular complexity index is 895. The third kappa shape index (κ3) is 4.38. The van der Waals surface area contributed by atoms with Crippen molar-refractivity contribution in [2.75, 3.05) is 13.2 Å². The molecular weight excluding hydrogens is 341 g/mol. The number of ether oxygens (including phenoxy) is 1. The lowest BCUT2D eigenvalue weighted by Crippen LogP contribution is -2.26. The highest BCUT2D eigenvalue weighted by molar-refractivity contribution is 5.69. The van der Waals surface area contributed by atoms with Gasteiger partial charge in [0, 0.05) is 49.4 Å². The maximum atomic E-state index is 13.6. The van der Waals surface area contributed by atoms with Crippen molar-refractivity contribution in [3.63, 3.8) is 0 Å². The summed E-state index contributed by atoms with van der Waals surface area (Å²) in [6.45, 7) is 2.35. The fraction of sp³-hybridized carbons (Fsp3) is 0.273. The summed E-state index contributed by atoms with van der Waals surface area (Å²) in [4.78, 5) is 8.77. The Morgan fingerprint density at radius 1 is 1.07 bits per heavy atom. The number of benzene rings is 1. The third-order valence-corrected chi connectivity index (χ3v) is 4.79. The highest BCUT2D eigenvalue weighted by Gasteiger charge is 2.15. The van der Waals surface area contributed by atoms with Gasteiger partial charge in [-0.2, -0.15) is 0 Å². The molecule has 4 rings (SSSR count). The van der Waals surface area contributed by atoms with Gasteiger partial charge in [-0.05, 0) is 54.3 Å². The molecule has 1 fully saturated rings. The summed E-state index contributed by atoms with van der Waals surface area (Å²) in [5.41, 5.74) is 4.73. The normalized spacial score (nSPS) is 16.6. The molecule has 1 unspecified atom stereocenters. The Kier molecular flexibility index (Phi) is 5.51. The number of halogens is 1. The van der Waals surface area contributed by atoms with E-state index in [9.17, 15) is 4.39 Å². The lowest BCUT2D eigenvalue weighted by molar-refractivity contribution is 0.110. The lowest BCUT2D eigenvalue weighted by atomic mass is 10.0. The van der Waals surface area contributed by atoms with Gasteiger partial charge in [-0.1, -0.05) is 12.1 Å². The Morgan fingerprint density at radius 3 is 2.74 bits per heavy atom. The first-order valence-electron chi connectivity index (χ1n) is 9.27. The molecule has 0 aliphatic carbocycles. The molecule has 0 radical (unpaired) electrons. The molecule has 1 N–H and O–H groups in total. The molecule has 1 aliphatic rings. The van der Waals surface area contributed by atoms with Gasteiger partial charge < -0.3 is 10.1 Å². The number of aromatic nitrogens is 2. The van der Waals surface area contributed by atoms with Gasteiger partial charge in [0.25, 0.3) is 0 Å². The average Bonchev–Trinajstić information content (AvgIpc) is 3.22. The van der Waals surface area contributed by atoms with Crippen LogP contribution in [-0.4, -0.2) is 29.2 Å². The Balaban J connectivity index is 1.62. The van der Waals surface area contributed by atoms with Crippen molar-refractivity contribution < 1.29 is 9.13 Å². The predicted molar refractivity (Wildman–Crippen MR) is 104 cm³/mol. The molecule has 0 spiro atoms. The zero-order valence-corrected chi connectivity index (χ0v) is 15.1. The predicted octanol–water partition coefficient (Wildman–Crippen LogP) is 4.22. The van der Waals surface area contributed by atoms with Crippen molar-refractivity contribution in [2.45, 2.75) is 25.5 Å². The van der Waals surface area contributed by atoms with E-state index in [2.05, 4.69) is 21.4 Å². The van der Waals surface area contributed by atoms with Crippen LogP contribution in [0.25, 0.3) is 22.4 Å². The van der Waals surface area contributed by atoms with Gasteiger partial charge in [0.2, 0.25) is 0 Å². The van der Waals surface area contributed by atoms with E-state index in [1.165, 1.54) is 12.1 Å². The van der Waals surface area contributed by atoms with Crippen LogP contribution in [0.3, 0.4) is 0 Å². The van der Waals surface area contributed by atoms with Crippen molar-refractivity contribution in [3.8, 4) is 22.4 Å². The van der Waals surface area contributed by atoms with Crippen LogP contribution in [0.4, 0.5) is 4.39 Å². The second-order valence-corrected chi connectivity index (χ2v) is 6.74. The highest BCUT2D eigenvalue weighted by Crippen LogP contribution is 2.27. The van der Waals surface area contributed by atoms with E-state index in [0.29, 0.717) is 6.54 Å². The highest BCUT2D eigenvalue weighted by atomic mass is 19.1. The van der Waals surface area contributed by atoms with Crippen molar-refractivity contribution in [3.05, 3.63) is 72.4 Å². The zero-order chi connectivity index (χ0) is 18.5. The molecule has 3 heterocycles. The smallest absolute Gasteiger partial charge is 0.123 e. The second-order valence-electron chi connectivity index (χ2n) is 6.74. The zero-order valence-electron chi connectivity index (χ0n) is 15.1. The molecule has 1 atom stereocenters. The van der Waals surface area contributed by atoms with Crippen LogP contribution in [0.2, 0.25) is 0 Å². The van der Waals surface area contributed by atoms with Crippen molar-refractivity contribution in [2.24, 2.45) is 0 Å². The number of hydrogen-bond donors (Lipinski definition) is 1. The minimum Gasteiger partial charge on any atom is -0.377 e. The van der Waals surface area contributed by atoms with E-state index in [0.717, 1.165) is 53.9 Å². The fourth-order valence-electron chi connectivity index (χ4n) is 3.41. The van der Waals surface area contributed by atoms with E-state index < -0.39 is 0 Å². The van der Waals surface area contributed by atoms with Crippen molar-refractivity contribution in [1.82, 2.24) is 15.3 Å². The molecule has 3 aromatic rings. The van der Waals surface area contributed by atoms with Gasteiger partial charge in [-0.15, -0.1) is 0 Å². The van der Waals surface area contributed by atoms with Gasteiger partial charge in [0.1, 0.15) is 5.82 Å². The molecule has 1 aromatic carbocycles. The summed E-state index contributed by atoms with van der Waals surface area (Å²) in [5, 5.41) is 3.49. The largest absolute Gasteiger partial charge is 0.377 e. The molecule has 0 saturated carbocycles. The average molecular weight is 363 g/mol. The molecule has 5 heteroatoms. The summed E-state index contributed by atoms with van der Waals surface area (Å²) in [6.07, 6.45) is 7.85. The summed E-state index contributed by atoms with van der Waals surface area (Å²) in [7, 11) is 0. The van der Waals surface area contributed by atoms with E-state index in [-0.39, 0.29) is 11.9 Å². The molecule has 0 bridgehead atoms. The third-order valence-electron chi connectivity index (χ3n) is 4.79. The number of pyridine rings is 2. The molecule has 138 valence electrons. The SMILES string of the molecule is Fc1cccc(-c2cnc(-c3ccncc3)c(CNCC3CCCO3)c2)c1. The molecule has 4 nitrogen and oxygen atoms in total. The van der Waals surface area contributed by atoms with Gasteiger partial charge in [0.05, 0.1) is 11.8 Å². The maximum Gasteiger partial charge on any atom is 0.123 e. The number of hydrogen-bond acceptors (Lipinski definition) is 4. The van der Waals surface area contributed by atoms with E-state index in [1.54, 1.807) is 24.7 Å². The van der Waals surface area contributed by atoms with Gasteiger partial charge in [-0.3, -0.25) is 9.97 Å². The van der Waals surface area contributed by atoms with Gasteiger partial charge in [-0.25, -0.2) is 4.39 Å². The number of rotatable bonds is 6. The quantitative estimate of drug-likeness (QED) is 0.712. The van der Waals surface area contributed by atoms with E-state index >= 15 is 0 Å². The van der Waals surface area contributed by atoms with Crippen LogP contribution in [-0.2, 0) is 11.3 Å². The molecule has 27 heavy (non-hydrogen) atoms. The summed E-state index contributed by atoms with van der Waals surface area (Å²) < 4.78 is 19.3. The topological polar surface area (TPSA) is 47.0 Å². The maximum absolute atomic E-state index is 13.6. The van der Waals surface area contributed by atoms with Crippen LogP contribution in [0.5, 0.6) is 0 Å². The van der Waals surface area contributed by atoms with E-state index in [1.807, 2.05) is 18.2 Å². The van der Waals surface area contributed by atoms with Crippen LogP contribution in [0.1, 0.15) is 18.4 Å². The first-order valence-corrected chi connectivity index (χ1v) is 9.27. The fourth-order valence-corrected chi connectivity index (χ4v) is 3.41.